The minimum atomic E-state index is -1.31. The molecular formula is C30H44N4O4. The third-order valence-electron chi connectivity index (χ3n) is 9.34. The molecule has 2 saturated carbocycles. The number of piperidine rings is 1. The van der Waals surface area contributed by atoms with Gasteiger partial charge in [-0.3, -0.25) is 9.69 Å². The van der Waals surface area contributed by atoms with Gasteiger partial charge in [0.05, 0.1) is 11.4 Å². The van der Waals surface area contributed by atoms with Crippen LogP contribution in [0.15, 0.2) is 16.0 Å². The van der Waals surface area contributed by atoms with Crippen LogP contribution in [0.1, 0.15) is 115 Å². The fraction of sp³-hybridized carbons (Fsp3) is 0.733. The Bertz CT molecular complexity index is 1130. The fourth-order valence-electron chi connectivity index (χ4n) is 7.99. The van der Waals surface area contributed by atoms with Crippen LogP contribution in [0.4, 0.5) is 0 Å². The van der Waals surface area contributed by atoms with E-state index in [2.05, 4.69) is 15.0 Å². The van der Waals surface area contributed by atoms with E-state index in [1.54, 1.807) is 13.8 Å². The van der Waals surface area contributed by atoms with E-state index in [1.165, 1.54) is 57.8 Å². The van der Waals surface area contributed by atoms with Gasteiger partial charge in [0, 0.05) is 24.2 Å². The molecule has 4 fully saturated rings. The number of aliphatic carboxylic acids is 1. The predicted octanol–water partition coefficient (Wildman–Crippen LogP) is 5.33. The molecule has 1 aromatic rings. The molecule has 4 atom stereocenters. The van der Waals surface area contributed by atoms with E-state index < -0.39 is 17.2 Å². The molecule has 4 bridgehead atoms. The molecule has 0 aromatic carbocycles. The summed E-state index contributed by atoms with van der Waals surface area (Å²) in [4.78, 5) is 38.6. The smallest absolute Gasteiger partial charge is 0.360 e. The molecule has 0 amide bonds. The van der Waals surface area contributed by atoms with E-state index in [1.807, 2.05) is 30.6 Å². The first-order valence-electron chi connectivity index (χ1n) is 14.8. The van der Waals surface area contributed by atoms with Gasteiger partial charge >= 0.3 is 5.97 Å². The summed E-state index contributed by atoms with van der Waals surface area (Å²) in [6.45, 7) is 7.29. The number of nitrogens with zero attached hydrogens (tertiary/aromatic N) is 4. The molecule has 1 aromatic heterocycles. The molecule has 2 aliphatic heterocycles. The van der Waals surface area contributed by atoms with Crippen molar-refractivity contribution in [2.75, 3.05) is 0 Å². The highest BCUT2D eigenvalue weighted by atomic mass is 16.6. The maximum Gasteiger partial charge on any atom is 0.360 e. The number of fused-ring (bicyclic) bond motifs is 4. The first kappa shape index (κ1) is 27.1. The Morgan fingerprint density at radius 3 is 2.18 bits per heavy atom. The lowest BCUT2D eigenvalue weighted by atomic mass is 9.76. The molecule has 1 N–H and O–H groups in total. The number of oxime groups is 1. The fourth-order valence-corrected chi connectivity index (χ4v) is 7.99. The second-order valence-corrected chi connectivity index (χ2v) is 12.3. The molecule has 4 unspecified atom stereocenters. The minimum absolute atomic E-state index is 0.00910. The lowest BCUT2D eigenvalue weighted by Crippen LogP contribution is -2.52. The van der Waals surface area contributed by atoms with Gasteiger partial charge in [-0.05, 0) is 90.6 Å². The van der Waals surface area contributed by atoms with E-state index in [9.17, 15) is 14.7 Å². The van der Waals surface area contributed by atoms with Crippen LogP contribution in [0.2, 0.25) is 0 Å². The number of aryl methyl sites for hydroxylation is 1. The molecule has 2 aliphatic carbocycles. The van der Waals surface area contributed by atoms with Crippen LogP contribution in [0.3, 0.4) is 0 Å². The van der Waals surface area contributed by atoms with Crippen molar-refractivity contribution < 1.29 is 14.7 Å². The standard InChI is InChI=1S/C30H44N4O4/c1-5-8-26-19(4)31-27(28(30(36)37)32-38-18(2)3)29(35)34(26)25-16-22-11-12-23(17-25)33(22)24-14-20-9-6-7-10-21(13-20)15-24/h5,8,18,20-25H,6-7,9-17H2,1-4H3,(H,36,37). The number of rotatable bonds is 7. The van der Waals surface area contributed by atoms with Crippen molar-refractivity contribution >= 4 is 17.8 Å². The maximum atomic E-state index is 13.9. The lowest BCUT2D eigenvalue weighted by Gasteiger charge is -2.48. The number of carboxylic acid groups (broad SMARTS) is 1. The van der Waals surface area contributed by atoms with Crippen LogP contribution in [0.5, 0.6) is 0 Å². The van der Waals surface area contributed by atoms with Gasteiger partial charge in [0.1, 0.15) is 6.10 Å². The van der Waals surface area contributed by atoms with Gasteiger partial charge in [0.25, 0.3) is 5.56 Å². The molecule has 38 heavy (non-hydrogen) atoms. The minimum Gasteiger partial charge on any atom is -0.476 e. The van der Waals surface area contributed by atoms with E-state index in [0.29, 0.717) is 23.8 Å². The monoisotopic (exact) mass is 524 g/mol. The number of carbonyl (C=O) groups is 1. The molecule has 5 rings (SSSR count). The largest absolute Gasteiger partial charge is 0.476 e. The van der Waals surface area contributed by atoms with Gasteiger partial charge in [-0.15, -0.1) is 0 Å². The zero-order chi connectivity index (χ0) is 27.0. The number of hydrogen-bond donors (Lipinski definition) is 1. The highest BCUT2D eigenvalue weighted by Crippen LogP contribution is 2.47. The van der Waals surface area contributed by atoms with Crippen molar-refractivity contribution in [1.82, 2.24) is 14.5 Å². The Balaban J connectivity index is 1.47. The van der Waals surface area contributed by atoms with E-state index in [0.717, 1.165) is 30.4 Å². The molecule has 3 heterocycles. The Morgan fingerprint density at radius 2 is 1.63 bits per heavy atom. The summed E-state index contributed by atoms with van der Waals surface area (Å²) in [6.07, 6.45) is 17.4. The summed E-state index contributed by atoms with van der Waals surface area (Å²) in [5, 5.41) is 13.7. The third kappa shape index (κ3) is 5.33. The average Bonchev–Trinajstić information content (AvgIpc) is 3.02. The van der Waals surface area contributed by atoms with Crippen molar-refractivity contribution in [2.45, 2.75) is 129 Å². The third-order valence-corrected chi connectivity index (χ3v) is 9.34. The van der Waals surface area contributed by atoms with Crippen LogP contribution in [0, 0.1) is 18.8 Å². The molecule has 4 aliphatic rings. The van der Waals surface area contributed by atoms with Crippen molar-refractivity contribution in [3.8, 4) is 0 Å². The molecule has 0 radical (unpaired) electrons. The van der Waals surface area contributed by atoms with Crippen LogP contribution in [0.25, 0.3) is 6.08 Å². The van der Waals surface area contributed by atoms with Crippen LogP contribution < -0.4 is 5.56 Å². The lowest BCUT2D eigenvalue weighted by molar-refractivity contribution is -0.129. The van der Waals surface area contributed by atoms with Crippen molar-refractivity contribution in [3.63, 3.8) is 0 Å². The first-order valence-corrected chi connectivity index (χ1v) is 14.8. The molecule has 2 saturated heterocycles. The van der Waals surface area contributed by atoms with E-state index >= 15 is 0 Å². The summed E-state index contributed by atoms with van der Waals surface area (Å²) < 4.78 is 1.83. The van der Waals surface area contributed by atoms with Gasteiger partial charge in [0.15, 0.2) is 5.69 Å². The quantitative estimate of drug-likeness (QED) is 0.383. The second-order valence-electron chi connectivity index (χ2n) is 12.3. The molecular weight excluding hydrogens is 480 g/mol. The molecule has 208 valence electrons. The summed E-state index contributed by atoms with van der Waals surface area (Å²) >= 11 is 0. The highest BCUT2D eigenvalue weighted by Gasteiger charge is 2.47. The number of allylic oxidation sites excluding steroid dienone is 1. The summed E-state index contributed by atoms with van der Waals surface area (Å²) in [5.41, 5.74) is 0.422. The van der Waals surface area contributed by atoms with Gasteiger partial charge in [0.2, 0.25) is 5.71 Å². The van der Waals surface area contributed by atoms with Gasteiger partial charge in [-0.2, -0.15) is 0 Å². The number of hydrogen-bond acceptors (Lipinski definition) is 6. The van der Waals surface area contributed by atoms with Gasteiger partial charge in [-0.1, -0.05) is 36.9 Å². The Labute approximate surface area is 226 Å². The Hall–Kier alpha value is -2.48. The average molecular weight is 525 g/mol. The molecule has 0 spiro atoms. The number of aromatic nitrogens is 2. The van der Waals surface area contributed by atoms with Crippen LogP contribution >= 0.6 is 0 Å². The molecule has 8 heteroatoms. The zero-order valence-corrected chi connectivity index (χ0v) is 23.4. The number of carboxylic acids is 1. The van der Waals surface area contributed by atoms with Crippen molar-refractivity contribution in [2.24, 2.45) is 17.0 Å². The summed E-state index contributed by atoms with van der Waals surface area (Å²) in [5.74, 6) is 0.456. The summed E-state index contributed by atoms with van der Waals surface area (Å²) in [7, 11) is 0. The SMILES string of the molecule is CC=Cc1c(C)nc(C(=NOC(C)C)C(=O)O)c(=O)n1C1CC2CCC(C1)N2C1CC2CCCCC(C2)C1. The first-order chi connectivity index (χ1) is 18.3. The zero-order valence-electron chi connectivity index (χ0n) is 23.4. The predicted molar refractivity (Wildman–Crippen MR) is 148 cm³/mol. The van der Waals surface area contributed by atoms with Gasteiger partial charge < -0.3 is 14.5 Å². The maximum absolute atomic E-state index is 13.9. The van der Waals surface area contributed by atoms with Crippen molar-refractivity contribution in [3.05, 3.63) is 33.5 Å². The van der Waals surface area contributed by atoms with Crippen LogP contribution in [-0.4, -0.2) is 55.5 Å². The Kier molecular flexibility index (Phi) is 8.08. The summed E-state index contributed by atoms with van der Waals surface area (Å²) in [6, 6.07) is 1.64. The second kappa shape index (κ2) is 11.3. The van der Waals surface area contributed by atoms with E-state index in [-0.39, 0.29) is 17.8 Å². The van der Waals surface area contributed by atoms with Crippen LogP contribution in [-0.2, 0) is 9.63 Å². The highest BCUT2D eigenvalue weighted by molar-refractivity contribution is 6.41. The Morgan fingerprint density at radius 1 is 1.00 bits per heavy atom. The normalized spacial score (nSPS) is 32.1. The topological polar surface area (TPSA) is 97.0 Å². The van der Waals surface area contributed by atoms with E-state index in [4.69, 9.17) is 4.84 Å². The van der Waals surface area contributed by atoms with Crippen molar-refractivity contribution in [1.29, 1.82) is 0 Å². The van der Waals surface area contributed by atoms with Gasteiger partial charge in [-0.25, -0.2) is 9.78 Å². The molecule has 8 nitrogen and oxygen atoms in total.